The minimum atomic E-state index is -0.569. The van der Waals surface area contributed by atoms with Crippen LogP contribution in [0.15, 0.2) is 54.6 Å². The van der Waals surface area contributed by atoms with Crippen LogP contribution in [0.25, 0.3) is 11.1 Å². The number of anilines is 1. The molecule has 0 saturated carbocycles. The van der Waals surface area contributed by atoms with Crippen molar-refractivity contribution in [3.05, 3.63) is 76.9 Å². The molecule has 4 nitrogen and oxygen atoms in total. The molecule has 2 aromatic rings. The van der Waals surface area contributed by atoms with Crippen LogP contribution in [0.3, 0.4) is 0 Å². The molecule has 1 N–H and O–H groups in total. The Morgan fingerprint density at radius 3 is 2.50 bits per heavy atom. The van der Waals surface area contributed by atoms with E-state index in [4.69, 9.17) is 0 Å². The van der Waals surface area contributed by atoms with Gasteiger partial charge in [0.25, 0.3) is 11.7 Å². The van der Waals surface area contributed by atoms with E-state index in [0.29, 0.717) is 23.6 Å². The molecule has 0 atom stereocenters. The summed E-state index contributed by atoms with van der Waals surface area (Å²) < 4.78 is 0. The summed E-state index contributed by atoms with van der Waals surface area (Å²) in [5.74, 6) is -0.456. The van der Waals surface area contributed by atoms with Crippen molar-refractivity contribution in [2.75, 3.05) is 25.5 Å². The quantitative estimate of drug-likeness (QED) is 0.789. The number of rotatable bonds is 4. The van der Waals surface area contributed by atoms with E-state index in [2.05, 4.69) is 35.5 Å². The minimum Gasteiger partial charge on any atom is -0.319 e. The third-order valence-electron chi connectivity index (χ3n) is 6.66. The van der Waals surface area contributed by atoms with Gasteiger partial charge in [0.2, 0.25) is 0 Å². The van der Waals surface area contributed by atoms with E-state index in [1.54, 1.807) is 0 Å². The highest BCUT2D eigenvalue weighted by Gasteiger charge is 2.27. The SMILES string of the molecule is CN1CCC(C2=CCc3ccc(NC(=O)C(=O)C4=CCc5ccccc54)cc32)CC1. The van der Waals surface area contributed by atoms with Gasteiger partial charge in [0.15, 0.2) is 0 Å². The van der Waals surface area contributed by atoms with E-state index in [1.165, 1.54) is 29.5 Å². The monoisotopic (exact) mass is 398 g/mol. The maximum Gasteiger partial charge on any atom is 0.296 e. The van der Waals surface area contributed by atoms with Crippen LogP contribution in [-0.2, 0) is 22.4 Å². The largest absolute Gasteiger partial charge is 0.319 e. The number of hydrogen-bond acceptors (Lipinski definition) is 3. The standard InChI is InChI=1S/C26H26N2O2/c1-28-14-12-19(13-15-28)22-10-7-18-6-9-20(16-24(18)22)27-26(30)25(29)23-11-8-17-4-2-3-5-21(17)23/h2-6,9-11,16,19H,7-8,12-15H2,1H3,(H,27,30). The second-order valence-electron chi connectivity index (χ2n) is 8.58. The molecule has 5 rings (SSSR count). The molecule has 0 spiro atoms. The second-order valence-corrected chi connectivity index (χ2v) is 8.58. The maximum atomic E-state index is 12.8. The number of nitrogens with one attached hydrogen (secondary N) is 1. The van der Waals surface area contributed by atoms with Crippen LogP contribution in [0.5, 0.6) is 0 Å². The highest BCUT2D eigenvalue weighted by atomic mass is 16.2. The first-order valence-electron chi connectivity index (χ1n) is 10.8. The molecule has 1 fully saturated rings. The molecule has 0 radical (unpaired) electrons. The number of hydrogen-bond donors (Lipinski definition) is 1. The average Bonchev–Trinajstić information content (AvgIpc) is 3.38. The molecule has 152 valence electrons. The van der Waals surface area contributed by atoms with Crippen LogP contribution >= 0.6 is 0 Å². The van der Waals surface area contributed by atoms with Gasteiger partial charge in [-0.25, -0.2) is 0 Å². The Morgan fingerprint density at radius 1 is 0.933 bits per heavy atom. The molecule has 2 aromatic carbocycles. The van der Waals surface area contributed by atoms with E-state index in [9.17, 15) is 9.59 Å². The third-order valence-corrected chi connectivity index (χ3v) is 6.66. The number of amides is 1. The predicted molar refractivity (Wildman–Crippen MR) is 120 cm³/mol. The Morgan fingerprint density at radius 2 is 1.67 bits per heavy atom. The molecular weight excluding hydrogens is 372 g/mol. The Kier molecular flexibility index (Phi) is 4.87. The Balaban J connectivity index is 1.32. The highest BCUT2D eigenvalue weighted by Crippen LogP contribution is 2.39. The lowest BCUT2D eigenvalue weighted by atomic mass is 9.86. The van der Waals surface area contributed by atoms with Crippen molar-refractivity contribution >= 4 is 28.5 Å². The third kappa shape index (κ3) is 3.41. The summed E-state index contributed by atoms with van der Waals surface area (Å²) in [5.41, 5.74) is 7.13. The topological polar surface area (TPSA) is 49.4 Å². The van der Waals surface area contributed by atoms with Gasteiger partial charge in [-0.2, -0.15) is 0 Å². The van der Waals surface area contributed by atoms with Crippen molar-refractivity contribution < 1.29 is 9.59 Å². The normalized spacial score (nSPS) is 18.4. The molecule has 1 amide bonds. The van der Waals surface area contributed by atoms with Crippen molar-refractivity contribution in [1.29, 1.82) is 0 Å². The molecule has 0 bridgehead atoms. The number of nitrogens with zero attached hydrogens (tertiary/aromatic N) is 1. The fourth-order valence-electron chi connectivity index (χ4n) is 4.95. The molecular formula is C26H26N2O2. The molecule has 0 unspecified atom stereocenters. The van der Waals surface area contributed by atoms with Gasteiger partial charge in [0, 0.05) is 11.3 Å². The molecule has 4 heteroatoms. The number of allylic oxidation sites excluding steroid dienone is 3. The average molecular weight is 399 g/mol. The number of carbonyl (C=O) groups is 2. The number of piperidine rings is 1. The Labute approximate surface area is 177 Å². The molecule has 1 aliphatic heterocycles. The van der Waals surface area contributed by atoms with Gasteiger partial charge in [-0.1, -0.05) is 42.5 Å². The van der Waals surface area contributed by atoms with Gasteiger partial charge in [0.05, 0.1) is 0 Å². The first-order chi connectivity index (χ1) is 14.6. The van der Waals surface area contributed by atoms with Gasteiger partial charge in [-0.15, -0.1) is 0 Å². The summed E-state index contributed by atoms with van der Waals surface area (Å²) in [7, 11) is 2.18. The first-order valence-corrected chi connectivity index (χ1v) is 10.8. The summed E-state index contributed by atoms with van der Waals surface area (Å²) in [5, 5.41) is 2.84. The van der Waals surface area contributed by atoms with Crippen molar-refractivity contribution in [2.45, 2.75) is 25.7 Å². The number of benzene rings is 2. The molecule has 0 aromatic heterocycles. The van der Waals surface area contributed by atoms with Crippen molar-refractivity contribution in [3.63, 3.8) is 0 Å². The fraction of sp³-hybridized carbons (Fsp3) is 0.308. The van der Waals surface area contributed by atoms with Crippen LogP contribution in [0, 0.1) is 5.92 Å². The molecule has 30 heavy (non-hydrogen) atoms. The van der Waals surface area contributed by atoms with Crippen LogP contribution < -0.4 is 5.32 Å². The first kappa shape index (κ1) is 19.0. The van der Waals surface area contributed by atoms with E-state index in [-0.39, 0.29) is 0 Å². The highest BCUT2D eigenvalue weighted by molar-refractivity contribution is 6.56. The lowest BCUT2D eigenvalue weighted by molar-refractivity contribution is -0.131. The zero-order valence-corrected chi connectivity index (χ0v) is 17.3. The molecule has 1 saturated heterocycles. The van der Waals surface area contributed by atoms with Crippen molar-refractivity contribution in [3.8, 4) is 0 Å². The van der Waals surface area contributed by atoms with Gasteiger partial charge in [0.1, 0.15) is 0 Å². The number of fused-ring (bicyclic) bond motifs is 2. The van der Waals surface area contributed by atoms with Crippen molar-refractivity contribution in [2.24, 2.45) is 5.92 Å². The van der Waals surface area contributed by atoms with Gasteiger partial charge >= 0.3 is 0 Å². The van der Waals surface area contributed by atoms with Gasteiger partial charge < -0.3 is 10.2 Å². The van der Waals surface area contributed by atoms with E-state index >= 15 is 0 Å². The van der Waals surface area contributed by atoms with Crippen LogP contribution in [0.1, 0.15) is 35.1 Å². The van der Waals surface area contributed by atoms with Gasteiger partial charge in [-0.05, 0) is 91.7 Å². The summed E-state index contributed by atoms with van der Waals surface area (Å²) in [4.78, 5) is 27.9. The zero-order chi connectivity index (χ0) is 20.7. The maximum absolute atomic E-state index is 12.8. The fourth-order valence-corrected chi connectivity index (χ4v) is 4.95. The lowest BCUT2D eigenvalue weighted by Gasteiger charge is -2.30. The number of carbonyl (C=O) groups excluding carboxylic acids is 2. The van der Waals surface area contributed by atoms with Crippen LogP contribution in [0.2, 0.25) is 0 Å². The summed E-state index contributed by atoms with van der Waals surface area (Å²) in [6.07, 6.45) is 8.20. The van der Waals surface area contributed by atoms with Gasteiger partial charge in [-0.3, -0.25) is 9.59 Å². The lowest BCUT2D eigenvalue weighted by Crippen LogP contribution is -2.30. The Hall–Kier alpha value is -2.98. The number of Topliss-reactive ketones (excluding diaryl/α,β-unsaturated/α-hetero) is 1. The molecule has 2 aliphatic carbocycles. The number of ketones is 1. The minimum absolute atomic E-state index is 0.466. The molecule has 1 heterocycles. The van der Waals surface area contributed by atoms with E-state index < -0.39 is 11.7 Å². The number of likely N-dealkylation sites (tertiary alicyclic amines) is 1. The zero-order valence-electron chi connectivity index (χ0n) is 17.3. The molecule has 3 aliphatic rings. The van der Waals surface area contributed by atoms with Crippen molar-refractivity contribution in [1.82, 2.24) is 4.90 Å². The van der Waals surface area contributed by atoms with Crippen LogP contribution in [-0.4, -0.2) is 36.7 Å². The van der Waals surface area contributed by atoms with E-state index in [1.807, 2.05) is 36.4 Å². The second kappa shape index (κ2) is 7.69. The summed E-state index contributed by atoms with van der Waals surface area (Å²) in [6.45, 7) is 2.25. The van der Waals surface area contributed by atoms with Crippen LogP contribution in [0.4, 0.5) is 5.69 Å². The predicted octanol–water partition coefficient (Wildman–Crippen LogP) is 4.12. The summed E-state index contributed by atoms with van der Waals surface area (Å²) >= 11 is 0. The Bertz CT molecular complexity index is 1090. The summed E-state index contributed by atoms with van der Waals surface area (Å²) in [6, 6.07) is 13.8. The van der Waals surface area contributed by atoms with E-state index in [0.717, 1.165) is 30.6 Å². The smallest absolute Gasteiger partial charge is 0.296 e.